The molecule has 1 aliphatic heterocycles. The topological polar surface area (TPSA) is 58.4 Å². The molecule has 5 nitrogen and oxygen atoms in total. The molecule has 0 radical (unpaired) electrons. The predicted octanol–water partition coefficient (Wildman–Crippen LogP) is 3.09. The van der Waals surface area contributed by atoms with E-state index in [1.807, 2.05) is 18.7 Å². The van der Waals surface area contributed by atoms with Crippen LogP contribution in [0.4, 0.5) is 15.8 Å². The van der Waals surface area contributed by atoms with Crippen molar-refractivity contribution in [3.63, 3.8) is 0 Å². The lowest BCUT2D eigenvalue weighted by molar-refractivity contribution is -0.385. The first kappa shape index (κ1) is 15.7. The summed E-state index contributed by atoms with van der Waals surface area (Å²) >= 11 is 0. The minimum atomic E-state index is -0.574. The average molecular weight is 295 g/mol. The Labute approximate surface area is 124 Å². The van der Waals surface area contributed by atoms with Gasteiger partial charge in [0, 0.05) is 24.7 Å². The molecule has 0 saturated carbocycles. The summed E-state index contributed by atoms with van der Waals surface area (Å²) in [5, 5.41) is 14.2. The number of nitro benzene ring substituents is 1. The number of non-ortho nitro benzene ring substituents is 1. The van der Waals surface area contributed by atoms with Crippen molar-refractivity contribution in [1.82, 2.24) is 5.32 Å². The monoisotopic (exact) mass is 295 g/mol. The van der Waals surface area contributed by atoms with Crippen molar-refractivity contribution in [2.75, 3.05) is 18.0 Å². The molecule has 1 unspecified atom stereocenters. The molecule has 0 spiro atoms. The quantitative estimate of drug-likeness (QED) is 0.670. The number of nitrogens with zero attached hydrogens (tertiary/aromatic N) is 2. The SMILES string of the molecule is CC(C)N(CC1CCCCN1)c1ccc([N+](=O)[O-])cc1F. The van der Waals surface area contributed by atoms with Crippen molar-refractivity contribution in [3.05, 3.63) is 34.1 Å². The Bertz CT molecular complexity index is 502. The molecule has 0 aromatic heterocycles. The average Bonchev–Trinajstić information content (AvgIpc) is 2.46. The Morgan fingerprint density at radius 1 is 1.48 bits per heavy atom. The Balaban J connectivity index is 2.19. The van der Waals surface area contributed by atoms with Crippen LogP contribution in [-0.2, 0) is 0 Å². The van der Waals surface area contributed by atoms with Crippen LogP contribution in [0.3, 0.4) is 0 Å². The second-order valence-electron chi connectivity index (χ2n) is 5.79. The summed E-state index contributed by atoms with van der Waals surface area (Å²) in [6.45, 7) is 5.72. The second kappa shape index (κ2) is 6.85. The third kappa shape index (κ3) is 3.91. The van der Waals surface area contributed by atoms with E-state index in [2.05, 4.69) is 5.32 Å². The lowest BCUT2D eigenvalue weighted by Gasteiger charge is -2.35. The van der Waals surface area contributed by atoms with E-state index in [1.165, 1.54) is 25.0 Å². The zero-order valence-electron chi connectivity index (χ0n) is 12.5. The van der Waals surface area contributed by atoms with Crippen molar-refractivity contribution in [2.45, 2.75) is 45.2 Å². The first-order valence-electron chi connectivity index (χ1n) is 7.43. The Kier molecular flexibility index (Phi) is 5.12. The van der Waals surface area contributed by atoms with Crippen LogP contribution in [0.15, 0.2) is 18.2 Å². The highest BCUT2D eigenvalue weighted by Crippen LogP contribution is 2.26. The van der Waals surface area contributed by atoms with Crippen molar-refractivity contribution < 1.29 is 9.31 Å². The normalized spacial score (nSPS) is 18.8. The van der Waals surface area contributed by atoms with Crippen LogP contribution in [0.25, 0.3) is 0 Å². The van der Waals surface area contributed by atoms with Crippen molar-refractivity contribution in [1.29, 1.82) is 0 Å². The summed E-state index contributed by atoms with van der Waals surface area (Å²) in [6.07, 6.45) is 3.45. The van der Waals surface area contributed by atoms with Gasteiger partial charge in [-0.3, -0.25) is 10.1 Å². The lowest BCUT2D eigenvalue weighted by Crippen LogP contribution is -2.46. The first-order chi connectivity index (χ1) is 9.99. The van der Waals surface area contributed by atoms with Gasteiger partial charge >= 0.3 is 0 Å². The van der Waals surface area contributed by atoms with Gasteiger partial charge < -0.3 is 10.2 Å². The van der Waals surface area contributed by atoms with Gasteiger partial charge in [0.05, 0.1) is 16.7 Å². The van der Waals surface area contributed by atoms with E-state index >= 15 is 0 Å². The van der Waals surface area contributed by atoms with E-state index in [-0.39, 0.29) is 11.7 Å². The van der Waals surface area contributed by atoms with E-state index in [4.69, 9.17) is 0 Å². The summed E-state index contributed by atoms with van der Waals surface area (Å²) in [4.78, 5) is 12.1. The van der Waals surface area contributed by atoms with Gasteiger partial charge in [-0.2, -0.15) is 0 Å². The number of halogens is 1. The highest BCUT2D eigenvalue weighted by atomic mass is 19.1. The van der Waals surface area contributed by atoms with Gasteiger partial charge in [-0.15, -0.1) is 0 Å². The summed E-state index contributed by atoms with van der Waals surface area (Å²) in [7, 11) is 0. The van der Waals surface area contributed by atoms with E-state index < -0.39 is 10.7 Å². The Morgan fingerprint density at radius 3 is 2.76 bits per heavy atom. The van der Waals surface area contributed by atoms with Gasteiger partial charge in [0.25, 0.3) is 5.69 Å². The van der Waals surface area contributed by atoms with Crippen molar-refractivity contribution in [2.24, 2.45) is 0 Å². The Hall–Kier alpha value is -1.69. The maximum Gasteiger partial charge on any atom is 0.272 e. The molecule has 0 aliphatic carbocycles. The molecule has 1 saturated heterocycles. The van der Waals surface area contributed by atoms with Crippen LogP contribution in [0, 0.1) is 15.9 Å². The number of hydrogen-bond donors (Lipinski definition) is 1. The third-order valence-electron chi connectivity index (χ3n) is 3.90. The molecule has 21 heavy (non-hydrogen) atoms. The summed E-state index contributed by atoms with van der Waals surface area (Å²) < 4.78 is 14.2. The number of rotatable bonds is 5. The largest absolute Gasteiger partial charge is 0.365 e. The molecule has 1 aliphatic rings. The summed E-state index contributed by atoms with van der Waals surface area (Å²) in [5.41, 5.74) is 0.221. The maximum atomic E-state index is 14.2. The van der Waals surface area contributed by atoms with Gasteiger partial charge in [0.15, 0.2) is 5.82 Å². The van der Waals surface area contributed by atoms with Crippen LogP contribution in [0.2, 0.25) is 0 Å². The zero-order valence-corrected chi connectivity index (χ0v) is 12.5. The fourth-order valence-electron chi connectivity index (χ4n) is 2.75. The molecular weight excluding hydrogens is 273 g/mol. The minimum absolute atomic E-state index is 0.129. The Morgan fingerprint density at radius 2 is 2.24 bits per heavy atom. The van der Waals surface area contributed by atoms with E-state index in [0.29, 0.717) is 18.3 Å². The molecule has 1 aromatic rings. The van der Waals surface area contributed by atoms with Gasteiger partial charge in [-0.1, -0.05) is 6.42 Å². The van der Waals surface area contributed by atoms with Crippen LogP contribution in [0.5, 0.6) is 0 Å². The van der Waals surface area contributed by atoms with Crippen molar-refractivity contribution in [3.8, 4) is 0 Å². The fourth-order valence-corrected chi connectivity index (χ4v) is 2.75. The summed E-state index contributed by atoms with van der Waals surface area (Å²) in [5.74, 6) is -0.534. The molecule has 1 N–H and O–H groups in total. The molecule has 0 bridgehead atoms. The number of benzene rings is 1. The van der Waals surface area contributed by atoms with E-state index in [1.54, 1.807) is 0 Å². The maximum absolute atomic E-state index is 14.2. The van der Waals surface area contributed by atoms with E-state index in [9.17, 15) is 14.5 Å². The zero-order chi connectivity index (χ0) is 15.4. The van der Waals surface area contributed by atoms with Gasteiger partial charge in [0.2, 0.25) is 0 Å². The molecule has 1 atom stereocenters. The predicted molar refractivity (Wildman–Crippen MR) is 81.2 cm³/mol. The number of piperidine rings is 1. The molecule has 0 amide bonds. The highest BCUT2D eigenvalue weighted by Gasteiger charge is 2.22. The number of anilines is 1. The highest BCUT2D eigenvalue weighted by molar-refractivity contribution is 5.53. The summed E-state index contributed by atoms with van der Waals surface area (Å²) in [6, 6.07) is 4.35. The van der Waals surface area contributed by atoms with E-state index in [0.717, 1.165) is 19.0 Å². The molecular formula is C15H22FN3O2. The fraction of sp³-hybridized carbons (Fsp3) is 0.600. The smallest absolute Gasteiger partial charge is 0.272 e. The number of hydrogen-bond acceptors (Lipinski definition) is 4. The molecule has 6 heteroatoms. The molecule has 1 heterocycles. The molecule has 2 rings (SSSR count). The molecule has 1 fully saturated rings. The van der Waals surface area contributed by atoms with Gasteiger partial charge in [-0.05, 0) is 39.3 Å². The van der Waals surface area contributed by atoms with Crippen LogP contribution >= 0.6 is 0 Å². The van der Waals surface area contributed by atoms with Crippen molar-refractivity contribution >= 4 is 11.4 Å². The number of nitro groups is 1. The molecule has 1 aromatic carbocycles. The third-order valence-corrected chi connectivity index (χ3v) is 3.90. The second-order valence-corrected chi connectivity index (χ2v) is 5.79. The van der Waals surface area contributed by atoms with Crippen LogP contribution < -0.4 is 10.2 Å². The molecule has 116 valence electrons. The number of nitrogens with one attached hydrogen (secondary N) is 1. The van der Waals surface area contributed by atoms with Crippen LogP contribution in [0.1, 0.15) is 33.1 Å². The minimum Gasteiger partial charge on any atom is -0.365 e. The first-order valence-corrected chi connectivity index (χ1v) is 7.43. The van der Waals surface area contributed by atoms with Gasteiger partial charge in [0.1, 0.15) is 0 Å². The van der Waals surface area contributed by atoms with Gasteiger partial charge in [-0.25, -0.2) is 4.39 Å². The van der Waals surface area contributed by atoms with Crippen LogP contribution in [-0.4, -0.2) is 30.1 Å². The standard InChI is InChI=1S/C15H22FN3O2/c1-11(2)18(10-12-5-3-4-8-17-12)15-7-6-13(19(20)21)9-14(15)16/h6-7,9,11-12,17H,3-5,8,10H2,1-2H3. The lowest BCUT2D eigenvalue weighted by atomic mass is 10.0.